The number of nitrogens with zero attached hydrogens (tertiary/aromatic N) is 2. The monoisotopic (exact) mass is 610 g/mol. The molecular formula is C29H25F7N4O3. The van der Waals surface area contributed by atoms with Crippen molar-refractivity contribution >= 4 is 0 Å². The highest BCUT2D eigenvalue weighted by atomic mass is 19.4. The van der Waals surface area contributed by atoms with E-state index >= 15 is 0 Å². The molecule has 3 aromatic carbocycles. The van der Waals surface area contributed by atoms with Crippen molar-refractivity contribution in [2.75, 3.05) is 13.2 Å². The Kier molecular flexibility index (Phi) is 8.45. The van der Waals surface area contributed by atoms with Gasteiger partial charge in [-0.2, -0.15) is 31.4 Å². The van der Waals surface area contributed by atoms with Crippen LogP contribution in [0.5, 0.6) is 0 Å². The van der Waals surface area contributed by atoms with E-state index in [0.717, 1.165) is 11.1 Å². The highest BCUT2D eigenvalue weighted by molar-refractivity contribution is 5.63. The molecule has 0 saturated carbocycles. The van der Waals surface area contributed by atoms with E-state index in [9.17, 15) is 35.5 Å². The number of ether oxygens (including phenoxy) is 2. The molecule has 4 aromatic rings. The van der Waals surface area contributed by atoms with Gasteiger partial charge in [-0.15, -0.1) is 0 Å². The minimum Gasteiger partial charge on any atom is -0.349 e. The number of aromatic amines is 2. The van der Waals surface area contributed by atoms with Crippen LogP contribution in [0.4, 0.5) is 30.7 Å². The van der Waals surface area contributed by atoms with E-state index in [2.05, 4.69) is 15.2 Å². The van der Waals surface area contributed by atoms with Crippen LogP contribution in [-0.4, -0.2) is 39.5 Å². The van der Waals surface area contributed by atoms with Crippen LogP contribution in [0.25, 0.3) is 11.1 Å². The van der Waals surface area contributed by atoms with Gasteiger partial charge in [0.2, 0.25) is 0 Å². The summed E-state index contributed by atoms with van der Waals surface area (Å²) in [4.78, 5) is 16.0. The molecule has 1 aliphatic rings. The van der Waals surface area contributed by atoms with Crippen LogP contribution in [0.15, 0.2) is 71.5 Å². The molecule has 5 rings (SSSR count). The Labute approximate surface area is 240 Å². The van der Waals surface area contributed by atoms with E-state index in [1.165, 1.54) is 19.1 Å². The largest absolute Gasteiger partial charge is 0.416 e. The standard InChI is InChI=1S/C29H25F7N4O3/c1-16(20-12-21(28(31,32)33)14-22(13-20)29(34,35)36)43-26-25(40(10-11-42-26)15-24-37-27(41)39-38-24)19-4-2-17(3-5-19)18-6-8-23(30)9-7-18/h2-9,12-14,16,25-26H,10-11,15H2,1H3,(H2,37,38,39,41)/t16-,25+,26-/m1/s1. The lowest BCUT2D eigenvalue weighted by Gasteiger charge is -2.41. The number of rotatable bonds is 7. The smallest absolute Gasteiger partial charge is 0.349 e. The van der Waals surface area contributed by atoms with Crippen LogP contribution in [0.1, 0.15) is 47.1 Å². The maximum absolute atomic E-state index is 13.5. The third-order valence-corrected chi connectivity index (χ3v) is 7.06. The molecule has 228 valence electrons. The van der Waals surface area contributed by atoms with Crippen molar-refractivity contribution in [2.24, 2.45) is 0 Å². The molecular weight excluding hydrogens is 585 g/mol. The number of nitrogens with one attached hydrogen (secondary N) is 2. The third kappa shape index (κ3) is 7.14. The maximum atomic E-state index is 13.5. The summed E-state index contributed by atoms with van der Waals surface area (Å²) in [5.41, 5.74) is -1.56. The van der Waals surface area contributed by atoms with Gasteiger partial charge in [0, 0.05) is 6.54 Å². The van der Waals surface area contributed by atoms with Crippen molar-refractivity contribution in [1.29, 1.82) is 0 Å². The summed E-state index contributed by atoms with van der Waals surface area (Å²) in [5, 5.41) is 6.22. The van der Waals surface area contributed by atoms with E-state index in [1.807, 2.05) is 4.90 Å². The molecule has 2 heterocycles. The Morgan fingerprint density at radius 2 is 1.53 bits per heavy atom. The van der Waals surface area contributed by atoms with Gasteiger partial charge in [-0.05, 0) is 59.5 Å². The summed E-state index contributed by atoms with van der Waals surface area (Å²) in [6.45, 7) is 1.93. The van der Waals surface area contributed by atoms with Gasteiger partial charge in [0.1, 0.15) is 11.6 Å². The second-order valence-electron chi connectivity index (χ2n) is 10.0. The summed E-state index contributed by atoms with van der Waals surface area (Å²) >= 11 is 0. The number of halogens is 7. The molecule has 1 aromatic heterocycles. The number of hydrogen-bond donors (Lipinski definition) is 2. The minimum absolute atomic E-state index is 0.0607. The van der Waals surface area contributed by atoms with Gasteiger partial charge in [-0.1, -0.05) is 36.4 Å². The Bertz CT molecular complexity index is 1570. The number of hydrogen-bond acceptors (Lipinski definition) is 5. The Balaban J connectivity index is 1.48. The van der Waals surface area contributed by atoms with Crippen LogP contribution >= 0.6 is 0 Å². The number of aromatic nitrogens is 3. The average Bonchev–Trinajstić information content (AvgIpc) is 3.37. The lowest BCUT2D eigenvalue weighted by atomic mass is 9.98. The molecule has 0 unspecified atom stereocenters. The molecule has 2 N–H and O–H groups in total. The van der Waals surface area contributed by atoms with Gasteiger partial charge >= 0.3 is 18.0 Å². The molecule has 43 heavy (non-hydrogen) atoms. The number of benzene rings is 3. The first-order chi connectivity index (χ1) is 20.3. The van der Waals surface area contributed by atoms with Crippen LogP contribution in [0.2, 0.25) is 0 Å². The molecule has 1 saturated heterocycles. The fourth-order valence-electron chi connectivity index (χ4n) is 4.93. The highest BCUT2D eigenvalue weighted by Gasteiger charge is 2.39. The van der Waals surface area contributed by atoms with Crippen molar-refractivity contribution in [2.45, 2.75) is 44.3 Å². The first-order valence-electron chi connectivity index (χ1n) is 13.1. The first-order valence-corrected chi connectivity index (χ1v) is 13.1. The summed E-state index contributed by atoms with van der Waals surface area (Å²) in [6, 6.07) is 13.6. The summed E-state index contributed by atoms with van der Waals surface area (Å²) < 4.78 is 106. The molecule has 0 amide bonds. The second-order valence-corrected chi connectivity index (χ2v) is 10.0. The van der Waals surface area contributed by atoms with Gasteiger partial charge in [0.05, 0.1) is 36.4 Å². The van der Waals surface area contributed by atoms with E-state index in [1.54, 1.807) is 36.4 Å². The molecule has 0 aliphatic carbocycles. The highest BCUT2D eigenvalue weighted by Crippen LogP contribution is 2.40. The number of morpholine rings is 1. The molecule has 0 radical (unpaired) electrons. The SMILES string of the molecule is C[C@@H](O[C@H]1OCCN(Cc2n[nH]c(=O)[nH]2)[C@H]1c1ccc(-c2ccc(F)cc2)cc1)c1cc(C(F)(F)F)cc(C(F)(F)F)c1. The van der Waals surface area contributed by atoms with Gasteiger partial charge in [0.25, 0.3) is 0 Å². The van der Waals surface area contributed by atoms with Crippen LogP contribution < -0.4 is 5.69 Å². The number of alkyl halides is 6. The quantitative estimate of drug-likeness (QED) is 0.230. The van der Waals surface area contributed by atoms with Crippen LogP contribution in [0.3, 0.4) is 0 Å². The van der Waals surface area contributed by atoms with E-state index in [-0.39, 0.29) is 30.6 Å². The summed E-state index contributed by atoms with van der Waals surface area (Å²) in [6.07, 6.45) is -12.4. The van der Waals surface area contributed by atoms with Crippen molar-refractivity contribution in [3.63, 3.8) is 0 Å². The Morgan fingerprint density at radius 3 is 2.07 bits per heavy atom. The van der Waals surface area contributed by atoms with Gasteiger partial charge < -0.3 is 9.47 Å². The van der Waals surface area contributed by atoms with Crippen molar-refractivity contribution in [3.05, 3.63) is 111 Å². The van der Waals surface area contributed by atoms with Crippen molar-refractivity contribution in [1.82, 2.24) is 20.1 Å². The molecule has 7 nitrogen and oxygen atoms in total. The van der Waals surface area contributed by atoms with Gasteiger partial charge in [-0.25, -0.2) is 14.3 Å². The zero-order chi connectivity index (χ0) is 30.9. The molecule has 0 bridgehead atoms. The van der Waals surface area contributed by atoms with E-state index in [0.29, 0.717) is 30.1 Å². The van der Waals surface area contributed by atoms with E-state index < -0.39 is 47.6 Å². The lowest BCUT2D eigenvalue weighted by Crippen LogP contribution is -2.46. The van der Waals surface area contributed by atoms with Crippen molar-refractivity contribution in [3.8, 4) is 11.1 Å². The normalized spacial score (nSPS) is 19.0. The summed E-state index contributed by atoms with van der Waals surface area (Å²) in [5.74, 6) is -0.0802. The Hall–Kier alpha value is -4.01. The first kappa shape index (κ1) is 30.4. The van der Waals surface area contributed by atoms with Gasteiger partial charge in [0.15, 0.2) is 6.29 Å². The molecule has 1 aliphatic heterocycles. The minimum atomic E-state index is -5.01. The second kappa shape index (κ2) is 11.9. The Morgan fingerprint density at radius 1 is 0.953 bits per heavy atom. The zero-order valence-electron chi connectivity index (χ0n) is 22.5. The predicted molar refractivity (Wildman–Crippen MR) is 140 cm³/mol. The van der Waals surface area contributed by atoms with Gasteiger partial charge in [-0.3, -0.25) is 9.88 Å². The summed E-state index contributed by atoms with van der Waals surface area (Å²) in [7, 11) is 0. The van der Waals surface area contributed by atoms with E-state index in [4.69, 9.17) is 9.47 Å². The fraction of sp³-hybridized carbons (Fsp3) is 0.310. The molecule has 3 atom stereocenters. The molecule has 0 spiro atoms. The van der Waals surface area contributed by atoms with Crippen LogP contribution in [0, 0.1) is 5.82 Å². The number of H-pyrrole nitrogens is 2. The predicted octanol–water partition coefficient (Wildman–Crippen LogP) is 6.62. The molecule has 1 fully saturated rings. The zero-order valence-corrected chi connectivity index (χ0v) is 22.5. The lowest BCUT2D eigenvalue weighted by molar-refractivity contribution is -0.231. The fourth-order valence-corrected chi connectivity index (χ4v) is 4.93. The average molecular weight is 611 g/mol. The molecule has 14 heteroatoms. The topological polar surface area (TPSA) is 83.2 Å². The van der Waals surface area contributed by atoms with Crippen LogP contribution in [-0.2, 0) is 28.4 Å². The third-order valence-electron chi connectivity index (χ3n) is 7.06. The maximum Gasteiger partial charge on any atom is 0.416 e. The van der Waals surface area contributed by atoms with Crippen molar-refractivity contribution < 1.29 is 40.2 Å².